The monoisotopic (exact) mass is 372 g/mol. The van der Waals surface area contributed by atoms with E-state index in [4.69, 9.17) is 10.5 Å². The fourth-order valence-electron chi connectivity index (χ4n) is 2.15. The Morgan fingerprint density at radius 2 is 1.96 bits per heavy atom. The van der Waals surface area contributed by atoms with Crippen LogP contribution >= 0.6 is 23.1 Å². The third-order valence-corrected chi connectivity index (χ3v) is 5.54. The van der Waals surface area contributed by atoms with Crippen molar-refractivity contribution in [2.24, 2.45) is 5.73 Å². The number of benzene rings is 1. The van der Waals surface area contributed by atoms with Crippen molar-refractivity contribution in [1.82, 2.24) is 15.2 Å². The summed E-state index contributed by atoms with van der Waals surface area (Å²) in [5.74, 6) is 0.625. The molecule has 3 rings (SSSR count). The molecule has 0 unspecified atom stereocenters. The summed E-state index contributed by atoms with van der Waals surface area (Å²) < 4.78 is 5.18. The standard InChI is InChI=1S/C17H16N4O2S2/c1-10-16(13-7-8-15(21-20-13)24-9-14(18)22)25-17(19-10)11-3-5-12(23-2)6-4-11/h3-8H,9H2,1-2H3,(H2,18,22). The summed E-state index contributed by atoms with van der Waals surface area (Å²) in [5, 5.41) is 9.98. The lowest BCUT2D eigenvalue weighted by molar-refractivity contribution is -0.115. The van der Waals surface area contributed by atoms with Crippen LogP contribution in [0.15, 0.2) is 41.4 Å². The van der Waals surface area contributed by atoms with E-state index in [0.717, 1.165) is 32.6 Å². The third-order valence-electron chi connectivity index (χ3n) is 3.37. The van der Waals surface area contributed by atoms with Gasteiger partial charge in [0.25, 0.3) is 0 Å². The Bertz CT molecular complexity index is 877. The zero-order valence-corrected chi connectivity index (χ0v) is 15.4. The molecule has 0 atom stereocenters. The van der Waals surface area contributed by atoms with E-state index in [1.165, 1.54) is 11.8 Å². The number of thioether (sulfide) groups is 1. The summed E-state index contributed by atoms with van der Waals surface area (Å²) in [6.07, 6.45) is 0. The van der Waals surface area contributed by atoms with E-state index in [-0.39, 0.29) is 11.7 Å². The number of methoxy groups -OCH3 is 1. The fraction of sp³-hybridized carbons (Fsp3) is 0.176. The molecular weight excluding hydrogens is 356 g/mol. The highest BCUT2D eigenvalue weighted by Crippen LogP contribution is 2.34. The Labute approximate surface area is 153 Å². The second-order valence-electron chi connectivity index (χ2n) is 5.17. The van der Waals surface area contributed by atoms with Crippen LogP contribution in [0.2, 0.25) is 0 Å². The maximum absolute atomic E-state index is 10.8. The van der Waals surface area contributed by atoms with Gasteiger partial charge in [-0.05, 0) is 43.3 Å². The Morgan fingerprint density at radius 3 is 2.56 bits per heavy atom. The van der Waals surface area contributed by atoms with Gasteiger partial charge in [0.15, 0.2) is 0 Å². The van der Waals surface area contributed by atoms with Crippen LogP contribution in [0.3, 0.4) is 0 Å². The SMILES string of the molecule is COc1ccc(-c2nc(C)c(-c3ccc(SCC(N)=O)nn3)s2)cc1. The summed E-state index contributed by atoms with van der Waals surface area (Å²) in [6.45, 7) is 1.95. The minimum Gasteiger partial charge on any atom is -0.497 e. The van der Waals surface area contributed by atoms with Crippen LogP contribution in [0.4, 0.5) is 0 Å². The first-order valence-electron chi connectivity index (χ1n) is 7.44. The van der Waals surface area contributed by atoms with Gasteiger partial charge in [0.1, 0.15) is 21.5 Å². The summed E-state index contributed by atoms with van der Waals surface area (Å²) in [4.78, 5) is 16.4. The molecule has 8 heteroatoms. The molecule has 0 fully saturated rings. The predicted molar refractivity (Wildman–Crippen MR) is 99.8 cm³/mol. The molecule has 1 amide bonds. The van der Waals surface area contributed by atoms with E-state index >= 15 is 0 Å². The maximum atomic E-state index is 10.8. The lowest BCUT2D eigenvalue weighted by atomic mass is 10.2. The first-order valence-corrected chi connectivity index (χ1v) is 9.24. The minimum absolute atomic E-state index is 0.190. The minimum atomic E-state index is -0.377. The Hall–Kier alpha value is -2.45. The molecule has 2 heterocycles. The molecular formula is C17H16N4O2S2. The van der Waals surface area contributed by atoms with Crippen LogP contribution in [0.25, 0.3) is 21.1 Å². The molecule has 0 aliphatic carbocycles. The number of aromatic nitrogens is 3. The van der Waals surface area contributed by atoms with Gasteiger partial charge in [-0.25, -0.2) is 4.98 Å². The van der Waals surface area contributed by atoms with E-state index in [1.54, 1.807) is 18.4 Å². The molecule has 0 bridgehead atoms. The number of carbonyl (C=O) groups is 1. The zero-order valence-electron chi connectivity index (χ0n) is 13.7. The van der Waals surface area contributed by atoms with Crippen molar-refractivity contribution in [3.05, 3.63) is 42.1 Å². The van der Waals surface area contributed by atoms with Crippen molar-refractivity contribution in [3.63, 3.8) is 0 Å². The fourth-order valence-corrected chi connectivity index (χ4v) is 3.74. The number of nitrogens with two attached hydrogens (primary N) is 1. The average Bonchev–Trinajstić information content (AvgIpc) is 3.02. The van der Waals surface area contributed by atoms with Crippen LogP contribution in [-0.4, -0.2) is 34.0 Å². The Kier molecular flexibility index (Phi) is 5.30. The quantitative estimate of drug-likeness (QED) is 0.668. The van der Waals surface area contributed by atoms with Crippen molar-refractivity contribution in [1.29, 1.82) is 0 Å². The van der Waals surface area contributed by atoms with Gasteiger partial charge in [0, 0.05) is 5.56 Å². The molecule has 0 aliphatic rings. The second-order valence-corrected chi connectivity index (χ2v) is 7.17. The van der Waals surface area contributed by atoms with E-state index < -0.39 is 0 Å². The number of ether oxygens (including phenoxy) is 1. The molecule has 1 aromatic carbocycles. The van der Waals surface area contributed by atoms with Gasteiger partial charge in [-0.1, -0.05) is 11.8 Å². The van der Waals surface area contributed by atoms with Gasteiger partial charge in [-0.3, -0.25) is 4.79 Å². The number of nitrogens with zero attached hydrogens (tertiary/aromatic N) is 3. The average molecular weight is 372 g/mol. The number of aryl methyl sites for hydroxylation is 1. The first-order chi connectivity index (χ1) is 12.1. The number of hydrogen-bond donors (Lipinski definition) is 1. The molecule has 0 saturated heterocycles. The number of thiazole rings is 1. The molecule has 6 nitrogen and oxygen atoms in total. The van der Waals surface area contributed by atoms with Gasteiger partial charge in [-0.2, -0.15) is 0 Å². The van der Waals surface area contributed by atoms with Crippen LogP contribution < -0.4 is 10.5 Å². The van der Waals surface area contributed by atoms with Crippen LogP contribution in [0, 0.1) is 6.92 Å². The lowest BCUT2D eigenvalue weighted by Crippen LogP contribution is -2.13. The van der Waals surface area contributed by atoms with E-state index in [0.29, 0.717) is 5.03 Å². The molecule has 0 saturated carbocycles. The normalized spacial score (nSPS) is 10.6. The number of rotatable bonds is 6. The number of carbonyl (C=O) groups excluding carboxylic acids is 1. The third kappa shape index (κ3) is 4.15. The summed E-state index contributed by atoms with van der Waals surface area (Å²) in [5.41, 5.74) is 7.83. The Balaban J connectivity index is 1.83. The maximum Gasteiger partial charge on any atom is 0.227 e. The highest BCUT2D eigenvalue weighted by molar-refractivity contribution is 7.99. The molecule has 0 aliphatic heterocycles. The highest BCUT2D eigenvalue weighted by atomic mass is 32.2. The van der Waals surface area contributed by atoms with Crippen LogP contribution in [0.1, 0.15) is 5.69 Å². The van der Waals surface area contributed by atoms with Gasteiger partial charge < -0.3 is 10.5 Å². The number of primary amides is 1. The van der Waals surface area contributed by atoms with Crippen molar-refractivity contribution < 1.29 is 9.53 Å². The molecule has 2 aromatic heterocycles. The van der Waals surface area contributed by atoms with Crippen LogP contribution in [0.5, 0.6) is 5.75 Å². The summed E-state index contributed by atoms with van der Waals surface area (Å²) in [6, 6.07) is 11.5. The number of hydrogen-bond acceptors (Lipinski definition) is 7. The van der Waals surface area contributed by atoms with Crippen molar-refractivity contribution in [2.45, 2.75) is 11.9 Å². The van der Waals surface area contributed by atoms with Crippen LogP contribution in [-0.2, 0) is 4.79 Å². The van der Waals surface area contributed by atoms with E-state index in [9.17, 15) is 4.79 Å². The summed E-state index contributed by atoms with van der Waals surface area (Å²) in [7, 11) is 1.64. The lowest BCUT2D eigenvalue weighted by Gasteiger charge is -2.00. The second kappa shape index (κ2) is 7.62. The zero-order chi connectivity index (χ0) is 17.8. The van der Waals surface area contributed by atoms with Gasteiger partial charge in [0.05, 0.1) is 23.4 Å². The largest absolute Gasteiger partial charge is 0.497 e. The van der Waals surface area contributed by atoms with Gasteiger partial charge in [0.2, 0.25) is 5.91 Å². The van der Waals surface area contributed by atoms with Crippen molar-refractivity contribution in [3.8, 4) is 26.9 Å². The smallest absolute Gasteiger partial charge is 0.227 e. The molecule has 0 radical (unpaired) electrons. The molecule has 2 N–H and O–H groups in total. The van der Waals surface area contributed by atoms with Crippen molar-refractivity contribution in [2.75, 3.05) is 12.9 Å². The molecule has 3 aromatic rings. The highest BCUT2D eigenvalue weighted by Gasteiger charge is 2.13. The van der Waals surface area contributed by atoms with E-state index in [2.05, 4.69) is 15.2 Å². The van der Waals surface area contributed by atoms with Gasteiger partial charge in [-0.15, -0.1) is 21.5 Å². The topological polar surface area (TPSA) is 91.0 Å². The molecule has 128 valence electrons. The molecule has 0 spiro atoms. The predicted octanol–water partition coefficient (Wildman–Crippen LogP) is 3.16. The summed E-state index contributed by atoms with van der Waals surface area (Å²) >= 11 is 2.84. The van der Waals surface area contributed by atoms with E-state index in [1.807, 2.05) is 43.3 Å². The molecule has 25 heavy (non-hydrogen) atoms. The van der Waals surface area contributed by atoms with Gasteiger partial charge >= 0.3 is 0 Å². The number of amides is 1. The Morgan fingerprint density at radius 1 is 1.20 bits per heavy atom. The van der Waals surface area contributed by atoms with Crippen molar-refractivity contribution >= 4 is 29.0 Å². The first kappa shape index (κ1) is 17.4.